The first-order chi connectivity index (χ1) is 14.3. The van der Waals surface area contributed by atoms with Gasteiger partial charge < -0.3 is 10.1 Å². The lowest BCUT2D eigenvalue weighted by molar-refractivity contribution is 0.102. The number of hydrogen-bond acceptors (Lipinski definition) is 5. The van der Waals surface area contributed by atoms with Gasteiger partial charge in [0.25, 0.3) is 15.9 Å². The summed E-state index contributed by atoms with van der Waals surface area (Å²) in [6.07, 6.45) is 1.97. The second-order valence-corrected chi connectivity index (χ2v) is 9.06. The number of carbonyl (C=O) groups excluding carboxylic acids is 1. The van der Waals surface area contributed by atoms with Crippen molar-refractivity contribution in [2.75, 3.05) is 23.4 Å². The van der Waals surface area contributed by atoms with Crippen molar-refractivity contribution >= 4 is 39.1 Å². The van der Waals surface area contributed by atoms with E-state index in [1.807, 2.05) is 30.5 Å². The molecule has 0 aromatic heterocycles. The van der Waals surface area contributed by atoms with Gasteiger partial charge >= 0.3 is 0 Å². The smallest absolute Gasteiger partial charge is 0.261 e. The monoisotopic (exact) mass is 442 g/mol. The number of hydrogen-bond donors (Lipinski definition) is 2. The number of rotatable bonds is 7. The van der Waals surface area contributed by atoms with E-state index in [0.29, 0.717) is 28.3 Å². The van der Waals surface area contributed by atoms with E-state index in [1.165, 1.54) is 19.2 Å². The minimum atomic E-state index is -3.76. The van der Waals surface area contributed by atoms with Gasteiger partial charge in [0, 0.05) is 16.1 Å². The molecule has 0 fully saturated rings. The summed E-state index contributed by atoms with van der Waals surface area (Å²) in [6.45, 7) is 1.75. The largest absolute Gasteiger partial charge is 0.497 e. The Balaban J connectivity index is 1.76. The summed E-state index contributed by atoms with van der Waals surface area (Å²) >= 11 is 1.59. The third-order valence-electron chi connectivity index (χ3n) is 4.43. The molecule has 0 saturated carbocycles. The van der Waals surface area contributed by atoms with E-state index >= 15 is 0 Å². The van der Waals surface area contributed by atoms with Gasteiger partial charge in [-0.2, -0.15) is 0 Å². The van der Waals surface area contributed by atoms with Crippen molar-refractivity contribution in [1.29, 1.82) is 0 Å². The fourth-order valence-electron chi connectivity index (χ4n) is 2.78. The average molecular weight is 443 g/mol. The van der Waals surface area contributed by atoms with E-state index < -0.39 is 10.0 Å². The number of ether oxygens (including phenoxy) is 1. The Labute approximate surface area is 180 Å². The molecule has 0 spiro atoms. The van der Waals surface area contributed by atoms with Crippen LogP contribution in [0.4, 0.5) is 11.4 Å². The Hall–Kier alpha value is -2.97. The average Bonchev–Trinajstić information content (AvgIpc) is 2.75. The van der Waals surface area contributed by atoms with E-state index in [2.05, 4.69) is 10.0 Å². The number of sulfonamides is 1. The van der Waals surface area contributed by atoms with Crippen molar-refractivity contribution in [1.82, 2.24) is 0 Å². The first kappa shape index (κ1) is 21.7. The highest BCUT2D eigenvalue weighted by atomic mass is 32.2. The lowest BCUT2D eigenvalue weighted by Gasteiger charge is -2.13. The molecular formula is C22H22N2O4S2. The first-order valence-corrected chi connectivity index (χ1v) is 11.8. The molecule has 8 heteroatoms. The quantitative estimate of drug-likeness (QED) is 0.515. The zero-order chi connectivity index (χ0) is 21.7. The van der Waals surface area contributed by atoms with Gasteiger partial charge in [0.15, 0.2) is 0 Å². The molecule has 30 heavy (non-hydrogen) atoms. The van der Waals surface area contributed by atoms with Crippen LogP contribution in [0.15, 0.2) is 76.5 Å². The van der Waals surface area contributed by atoms with E-state index in [9.17, 15) is 13.2 Å². The molecule has 0 aliphatic carbocycles. The number of aryl methyl sites for hydroxylation is 1. The number of benzene rings is 3. The molecule has 0 unspecified atom stereocenters. The topological polar surface area (TPSA) is 84.5 Å². The van der Waals surface area contributed by atoms with Gasteiger partial charge in [-0.05, 0) is 79.4 Å². The second-order valence-electron chi connectivity index (χ2n) is 6.50. The van der Waals surface area contributed by atoms with Crippen LogP contribution in [0, 0.1) is 6.92 Å². The summed E-state index contributed by atoms with van der Waals surface area (Å²) in [7, 11) is -2.24. The molecule has 1 amide bonds. The van der Waals surface area contributed by atoms with Gasteiger partial charge in [0.05, 0.1) is 17.7 Å². The van der Waals surface area contributed by atoms with Crippen LogP contribution >= 0.6 is 11.8 Å². The summed E-state index contributed by atoms with van der Waals surface area (Å²) < 4.78 is 32.9. The SMILES string of the molecule is COc1ccc(S(=O)(=O)Nc2ccc(C(=O)Nc3cccc(SC)c3)cc2C)cc1. The summed E-state index contributed by atoms with van der Waals surface area (Å²) in [6, 6.07) is 18.5. The fourth-order valence-corrected chi connectivity index (χ4v) is 4.37. The first-order valence-electron chi connectivity index (χ1n) is 9.05. The maximum absolute atomic E-state index is 12.6. The van der Waals surface area contributed by atoms with E-state index in [0.717, 1.165) is 4.90 Å². The molecule has 6 nitrogen and oxygen atoms in total. The maximum atomic E-state index is 12.6. The highest BCUT2D eigenvalue weighted by Crippen LogP contribution is 2.24. The molecule has 0 aliphatic heterocycles. The van der Waals surface area contributed by atoms with Crippen LogP contribution in [0.1, 0.15) is 15.9 Å². The minimum Gasteiger partial charge on any atom is -0.497 e. The van der Waals surface area contributed by atoms with Gasteiger partial charge in [-0.3, -0.25) is 9.52 Å². The zero-order valence-corrected chi connectivity index (χ0v) is 18.4. The predicted octanol–water partition coefficient (Wildman–Crippen LogP) is 4.78. The van der Waals surface area contributed by atoms with Crippen molar-refractivity contribution in [2.45, 2.75) is 16.7 Å². The van der Waals surface area contributed by atoms with E-state index in [1.54, 1.807) is 49.0 Å². The lowest BCUT2D eigenvalue weighted by Crippen LogP contribution is -2.15. The molecule has 0 radical (unpaired) electrons. The Morgan fingerprint density at radius 1 is 1.00 bits per heavy atom. The van der Waals surface area contributed by atoms with E-state index in [4.69, 9.17) is 4.74 Å². The van der Waals surface area contributed by atoms with Crippen molar-refractivity contribution in [2.24, 2.45) is 0 Å². The number of anilines is 2. The number of carbonyl (C=O) groups is 1. The Morgan fingerprint density at radius 2 is 1.73 bits per heavy atom. The molecule has 3 aromatic rings. The third kappa shape index (κ3) is 5.14. The van der Waals surface area contributed by atoms with E-state index in [-0.39, 0.29) is 10.8 Å². The lowest BCUT2D eigenvalue weighted by atomic mass is 10.1. The van der Waals surface area contributed by atoms with Crippen LogP contribution in [0.25, 0.3) is 0 Å². The third-order valence-corrected chi connectivity index (χ3v) is 6.54. The molecule has 0 bridgehead atoms. The number of amides is 1. The molecule has 3 aromatic carbocycles. The molecule has 3 rings (SSSR count). The van der Waals surface area contributed by atoms with Gasteiger partial charge in [0.2, 0.25) is 0 Å². The normalized spacial score (nSPS) is 11.0. The van der Waals surface area contributed by atoms with Crippen LogP contribution in [-0.2, 0) is 10.0 Å². The standard InChI is InChI=1S/C22H22N2O4S2/c1-15-13-16(22(25)23-17-5-4-6-19(14-17)29-3)7-12-21(15)24-30(26,27)20-10-8-18(28-2)9-11-20/h4-14,24H,1-3H3,(H,23,25). The summed E-state index contributed by atoms with van der Waals surface area (Å²) in [5, 5.41) is 2.86. The fraction of sp³-hybridized carbons (Fsp3) is 0.136. The Bertz CT molecular complexity index is 1160. The van der Waals surface area contributed by atoms with Crippen LogP contribution < -0.4 is 14.8 Å². The minimum absolute atomic E-state index is 0.123. The van der Waals surface area contributed by atoms with Gasteiger partial charge in [-0.25, -0.2) is 8.42 Å². The summed E-state index contributed by atoms with van der Waals surface area (Å²) in [4.78, 5) is 13.7. The maximum Gasteiger partial charge on any atom is 0.261 e. The Morgan fingerprint density at radius 3 is 2.37 bits per heavy atom. The van der Waals surface area contributed by atoms with Crippen molar-refractivity contribution < 1.29 is 17.9 Å². The van der Waals surface area contributed by atoms with Gasteiger partial charge in [-0.1, -0.05) is 6.07 Å². The summed E-state index contributed by atoms with van der Waals surface area (Å²) in [5.74, 6) is 0.310. The number of nitrogens with one attached hydrogen (secondary N) is 2. The molecule has 156 valence electrons. The number of thioether (sulfide) groups is 1. The molecule has 2 N–H and O–H groups in total. The Kier molecular flexibility index (Phi) is 6.69. The van der Waals surface area contributed by atoms with Crippen LogP contribution in [0.5, 0.6) is 5.75 Å². The molecule has 0 aliphatic rings. The highest BCUT2D eigenvalue weighted by molar-refractivity contribution is 7.98. The second kappa shape index (κ2) is 9.23. The van der Waals surface area contributed by atoms with Gasteiger partial charge in [0.1, 0.15) is 5.75 Å². The van der Waals surface area contributed by atoms with Crippen LogP contribution in [-0.4, -0.2) is 27.7 Å². The van der Waals surface area contributed by atoms with Gasteiger partial charge in [-0.15, -0.1) is 11.8 Å². The predicted molar refractivity (Wildman–Crippen MR) is 121 cm³/mol. The zero-order valence-electron chi connectivity index (χ0n) is 16.8. The highest BCUT2D eigenvalue weighted by Gasteiger charge is 2.16. The van der Waals surface area contributed by atoms with Crippen molar-refractivity contribution in [3.63, 3.8) is 0 Å². The molecule has 0 saturated heterocycles. The molecular weight excluding hydrogens is 420 g/mol. The van der Waals surface area contributed by atoms with Crippen LogP contribution in [0.3, 0.4) is 0 Å². The molecule has 0 heterocycles. The number of methoxy groups -OCH3 is 1. The van der Waals surface area contributed by atoms with Crippen molar-refractivity contribution in [3.8, 4) is 5.75 Å². The van der Waals surface area contributed by atoms with Crippen LogP contribution in [0.2, 0.25) is 0 Å². The summed E-state index contributed by atoms with van der Waals surface area (Å²) in [5.41, 5.74) is 2.19. The van der Waals surface area contributed by atoms with Crippen molar-refractivity contribution in [3.05, 3.63) is 77.9 Å². The molecule has 0 atom stereocenters.